The molecule has 1 atom stereocenters. The first kappa shape index (κ1) is 18.8. The third kappa shape index (κ3) is 3.60. The Balaban J connectivity index is 2.05. The fraction of sp³-hybridized carbons (Fsp3) is 0.421. The Kier molecular flexibility index (Phi) is 5.07. The number of carbonyl (C=O) groups excluding carboxylic acids is 1. The number of pyridine rings is 1. The first-order valence-corrected chi connectivity index (χ1v) is 8.82. The highest BCUT2D eigenvalue weighted by Gasteiger charge is 2.25. The number of fused-ring (bicyclic) bond motifs is 2. The molecule has 0 saturated heterocycles. The lowest BCUT2D eigenvalue weighted by Gasteiger charge is -2.17. The van der Waals surface area contributed by atoms with Crippen LogP contribution in [0.15, 0.2) is 23.1 Å². The zero-order chi connectivity index (χ0) is 19.7. The zero-order valence-electron chi connectivity index (χ0n) is 15.4. The van der Waals surface area contributed by atoms with Crippen LogP contribution < -0.4 is 20.2 Å². The van der Waals surface area contributed by atoms with Crippen LogP contribution in [0.5, 0.6) is 11.5 Å². The van der Waals surface area contributed by atoms with Crippen molar-refractivity contribution in [2.45, 2.75) is 39.8 Å². The smallest absolute Gasteiger partial charge is 0.326 e. The van der Waals surface area contributed by atoms with Crippen molar-refractivity contribution in [1.29, 1.82) is 0 Å². The van der Waals surface area contributed by atoms with Crippen LogP contribution in [0.4, 0.5) is 0 Å². The number of hydrogen-bond donors (Lipinski definition) is 2. The molecule has 2 heterocycles. The number of nitrogens with one attached hydrogen (secondary N) is 1. The van der Waals surface area contributed by atoms with E-state index in [1.807, 2.05) is 20.8 Å². The summed E-state index contributed by atoms with van der Waals surface area (Å²) in [7, 11) is 0. The van der Waals surface area contributed by atoms with Crippen molar-refractivity contribution in [2.75, 3.05) is 6.79 Å². The number of ether oxygens (including phenoxy) is 2. The van der Waals surface area contributed by atoms with Gasteiger partial charge in [0.05, 0.1) is 10.9 Å². The molecule has 144 valence electrons. The Morgan fingerprint density at radius 2 is 1.93 bits per heavy atom. The number of carbonyl (C=O) groups is 2. The molecule has 1 aliphatic heterocycles. The number of nitrogens with zero attached hydrogens (tertiary/aromatic N) is 1. The minimum atomic E-state index is -1.13. The van der Waals surface area contributed by atoms with E-state index < -0.39 is 23.3 Å². The maximum absolute atomic E-state index is 12.9. The number of benzene rings is 1. The predicted octanol–water partition coefficient (Wildman–Crippen LogP) is 1.98. The van der Waals surface area contributed by atoms with E-state index in [0.717, 1.165) is 0 Å². The van der Waals surface area contributed by atoms with Gasteiger partial charge in [-0.25, -0.2) is 4.79 Å². The number of rotatable bonds is 6. The minimum absolute atomic E-state index is 0.0782. The van der Waals surface area contributed by atoms with Crippen LogP contribution in [-0.2, 0) is 11.3 Å². The number of aromatic nitrogens is 1. The van der Waals surface area contributed by atoms with Gasteiger partial charge in [0.2, 0.25) is 12.2 Å². The lowest BCUT2D eigenvalue weighted by Crippen LogP contribution is -2.43. The zero-order valence-corrected chi connectivity index (χ0v) is 15.4. The summed E-state index contributed by atoms with van der Waals surface area (Å²) in [6.45, 7) is 6.21. The van der Waals surface area contributed by atoms with E-state index in [9.17, 15) is 19.5 Å². The SMILES string of the molecule is CCn1cc(C(=O)NC(CC(C)C)C(=O)O)c(=O)c2cc3c(cc21)OCO3. The number of hydrogen-bond acceptors (Lipinski definition) is 5. The van der Waals surface area contributed by atoms with Crippen molar-refractivity contribution in [3.63, 3.8) is 0 Å². The Morgan fingerprint density at radius 1 is 1.26 bits per heavy atom. The molecular formula is C19H22N2O6. The van der Waals surface area contributed by atoms with Crippen LogP contribution in [0.3, 0.4) is 0 Å². The van der Waals surface area contributed by atoms with E-state index >= 15 is 0 Å². The van der Waals surface area contributed by atoms with Gasteiger partial charge in [0.1, 0.15) is 11.6 Å². The third-order valence-corrected chi connectivity index (χ3v) is 4.47. The molecule has 1 aromatic carbocycles. The summed E-state index contributed by atoms with van der Waals surface area (Å²) in [4.78, 5) is 37.0. The fourth-order valence-electron chi connectivity index (χ4n) is 3.13. The van der Waals surface area contributed by atoms with Crippen LogP contribution >= 0.6 is 0 Å². The Morgan fingerprint density at radius 3 is 2.52 bits per heavy atom. The lowest BCUT2D eigenvalue weighted by molar-refractivity contribution is -0.139. The molecule has 8 heteroatoms. The molecule has 1 aliphatic rings. The lowest BCUT2D eigenvalue weighted by atomic mass is 10.0. The normalized spacial score (nSPS) is 13.8. The summed E-state index contributed by atoms with van der Waals surface area (Å²) >= 11 is 0. The number of aliphatic carboxylic acids is 1. The number of carboxylic acid groups (broad SMARTS) is 1. The van der Waals surface area contributed by atoms with Crippen molar-refractivity contribution in [1.82, 2.24) is 9.88 Å². The first-order valence-electron chi connectivity index (χ1n) is 8.82. The van der Waals surface area contributed by atoms with E-state index in [1.165, 1.54) is 6.20 Å². The van der Waals surface area contributed by atoms with Crippen LogP contribution in [0.1, 0.15) is 37.6 Å². The van der Waals surface area contributed by atoms with Gasteiger partial charge in [-0.2, -0.15) is 0 Å². The molecule has 0 aliphatic carbocycles. The average Bonchev–Trinajstić information content (AvgIpc) is 3.07. The molecule has 2 aromatic rings. The maximum atomic E-state index is 12.9. The molecule has 1 amide bonds. The second-order valence-corrected chi connectivity index (χ2v) is 6.87. The second kappa shape index (κ2) is 7.30. The molecule has 8 nitrogen and oxygen atoms in total. The minimum Gasteiger partial charge on any atom is -0.480 e. The Hall–Kier alpha value is -3.03. The third-order valence-electron chi connectivity index (χ3n) is 4.47. The van der Waals surface area contributed by atoms with Crippen molar-refractivity contribution in [3.8, 4) is 11.5 Å². The van der Waals surface area contributed by atoms with E-state index in [2.05, 4.69) is 5.32 Å². The van der Waals surface area contributed by atoms with Gasteiger partial charge in [0, 0.05) is 18.8 Å². The molecule has 0 fully saturated rings. The van der Waals surface area contributed by atoms with E-state index in [1.54, 1.807) is 16.7 Å². The Bertz CT molecular complexity index is 963. The van der Waals surface area contributed by atoms with Crippen LogP contribution in [0, 0.1) is 5.92 Å². The van der Waals surface area contributed by atoms with Crippen LogP contribution in [0.25, 0.3) is 10.9 Å². The summed E-state index contributed by atoms with van der Waals surface area (Å²) in [6, 6.07) is 2.22. The number of carboxylic acids is 1. The first-order chi connectivity index (χ1) is 12.8. The molecule has 3 rings (SSSR count). The molecule has 2 N–H and O–H groups in total. The van der Waals surface area contributed by atoms with Gasteiger partial charge in [-0.3, -0.25) is 9.59 Å². The molecule has 0 radical (unpaired) electrons. The van der Waals surface area contributed by atoms with E-state index in [4.69, 9.17) is 9.47 Å². The molecular weight excluding hydrogens is 352 g/mol. The maximum Gasteiger partial charge on any atom is 0.326 e. The van der Waals surface area contributed by atoms with E-state index in [-0.39, 0.29) is 24.7 Å². The summed E-state index contributed by atoms with van der Waals surface area (Å²) in [6.07, 6.45) is 1.73. The van der Waals surface area contributed by atoms with Crippen molar-refractivity contribution >= 4 is 22.8 Å². The largest absolute Gasteiger partial charge is 0.480 e. The van der Waals surface area contributed by atoms with Gasteiger partial charge in [-0.1, -0.05) is 13.8 Å². The van der Waals surface area contributed by atoms with Crippen molar-refractivity contribution < 1.29 is 24.2 Å². The second-order valence-electron chi connectivity index (χ2n) is 6.87. The quantitative estimate of drug-likeness (QED) is 0.801. The predicted molar refractivity (Wildman–Crippen MR) is 98.4 cm³/mol. The molecule has 0 saturated carbocycles. The highest BCUT2D eigenvalue weighted by Crippen LogP contribution is 2.35. The number of amides is 1. The number of aryl methyl sites for hydroxylation is 1. The van der Waals surface area contributed by atoms with Crippen molar-refractivity contribution in [2.24, 2.45) is 5.92 Å². The van der Waals surface area contributed by atoms with E-state index in [0.29, 0.717) is 28.9 Å². The standard InChI is InChI=1S/C19H22N2O6/c1-4-21-8-12(18(23)20-13(19(24)25)5-10(2)3)17(22)11-6-15-16(7-14(11)21)27-9-26-15/h6-8,10,13H,4-5,9H2,1-3H3,(H,20,23)(H,24,25). The van der Waals surface area contributed by atoms with Gasteiger partial charge < -0.3 is 24.5 Å². The summed E-state index contributed by atoms with van der Waals surface area (Å²) < 4.78 is 12.4. The molecule has 0 spiro atoms. The van der Waals surface area contributed by atoms with Crippen LogP contribution in [-0.4, -0.2) is 34.4 Å². The highest BCUT2D eigenvalue weighted by molar-refractivity contribution is 5.99. The average molecular weight is 374 g/mol. The van der Waals surface area contributed by atoms with Gasteiger partial charge in [0.15, 0.2) is 11.5 Å². The Labute approximate surface area is 155 Å². The van der Waals surface area contributed by atoms with Gasteiger partial charge in [0.25, 0.3) is 5.91 Å². The van der Waals surface area contributed by atoms with Gasteiger partial charge in [-0.15, -0.1) is 0 Å². The topological polar surface area (TPSA) is 107 Å². The molecule has 1 aromatic heterocycles. The van der Waals surface area contributed by atoms with Gasteiger partial charge >= 0.3 is 5.97 Å². The van der Waals surface area contributed by atoms with Gasteiger partial charge in [-0.05, 0) is 25.3 Å². The highest BCUT2D eigenvalue weighted by atomic mass is 16.7. The molecule has 0 bridgehead atoms. The van der Waals surface area contributed by atoms with Crippen molar-refractivity contribution in [3.05, 3.63) is 34.1 Å². The summed E-state index contributed by atoms with van der Waals surface area (Å²) in [5.41, 5.74) is 0.0534. The summed E-state index contributed by atoms with van der Waals surface area (Å²) in [5, 5.41) is 12.1. The monoisotopic (exact) mass is 374 g/mol. The molecule has 1 unspecified atom stereocenters. The van der Waals surface area contributed by atoms with Crippen LogP contribution in [0.2, 0.25) is 0 Å². The summed E-state index contributed by atoms with van der Waals surface area (Å²) in [5.74, 6) is -0.755. The molecule has 27 heavy (non-hydrogen) atoms. The fourth-order valence-corrected chi connectivity index (χ4v) is 3.13.